The molecule has 6 heteroatoms. The van der Waals surface area contributed by atoms with E-state index in [1.54, 1.807) is 19.4 Å². The van der Waals surface area contributed by atoms with E-state index < -0.39 is 0 Å². The van der Waals surface area contributed by atoms with Crippen LogP contribution in [0.3, 0.4) is 0 Å². The second-order valence-corrected chi connectivity index (χ2v) is 4.36. The molecular formula is C15H18N4O2. The van der Waals surface area contributed by atoms with Gasteiger partial charge in [0, 0.05) is 31.8 Å². The van der Waals surface area contributed by atoms with Gasteiger partial charge in [-0.1, -0.05) is 30.3 Å². The molecule has 0 atom stereocenters. The number of benzene rings is 1. The fraction of sp³-hybridized carbons (Fsp3) is 0.267. The summed E-state index contributed by atoms with van der Waals surface area (Å²) < 4.78 is 5.00. The van der Waals surface area contributed by atoms with Crippen molar-refractivity contribution in [2.75, 3.05) is 19.0 Å². The number of nitrogens with zero attached hydrogens (tertiary/aromatic N) is 2. The molecule has 0 bridgehead atoms. The molecule has 0 aliphatic rings. The molecule has 1 heterocycles. The largest absolute Gasteiger partial charge is 0.481 e. The predicted octanol–water partition coefficient (Wildman–Crippen LogP) is 1.60. The Labute approximate surface area is 123 Å². The van der Waals surface area contributed by atoms with Gasteiger partial charge in [0.15, 0.2) is 0 Å². The van der Waals surface area contributed by atoms with Crippen LogP contribution in [0, 0.1) is 0 Å². The number of amides is 1. The van der Waals surface area contributed by atoms with Gasteiger partial charge in [0.1, 0.15) is 0 Å². The zero-order valence-electron chi connectivity index (χ0n) is 11.9. The number of methoxy groups -OCH3 is 1. The van der Waals surface area contributed by atoms with Crippen LogP contribution in [0.25, 0.3) is 0 Å². The highest BCUT2D eigenvalue weighted by molar-refractivity contribution is 5.76. The summed E-state index contributed by atoms with van der Waals surface area (Å²) in [5, 5.41) is 5.85. The first-order chi connectivity index (χ1) is 10.3. The standard InChI is InChI=1S/C15H18N4O2/c1-21-14-8-10-17-15(19-14)16-9-7-13(20)18-11-12-5-3-2-4-6-12/h2-6,8,10H,7,9,11H2,1H3,(H,18,20)(H,16,17,19). The molecule has 0 saturated carbocycles. The summed E-state index contributed by atoms with van der Waals surface area (Å²) in [7, 11) is 1.54. The maximum absolute atomic E-state index is 11.7. The Morgan fingerprint density at radius 2 is 2.05 bits per heavy atom. The topological polar surface area (TPSA) is 76.1 Å². The highest BCUT2D eigenvalue weighted by Crippen LogP contribution is 2.06. The molecule has 2 N–H and O–H groups in total. The molecular weight excluding hydrogens is 268 g/mol. The van der Waals surface area contributed by atoms with Crippen LogP contribution in [0.15, 0.2) is 42.6 Å². The van der Waals surface area contributed by atoms with Crippen molar-refractivity contribution in [2.45, 2.75) is 13.0 Å². The normalized spacial score (nSPS) is 9.95. The van der Waals surface area contributed by atoms with Crippen LogP contribution in [0.1, 0.15) is 12.0 Å². The highest BCUT2D eigenvalue weighted by atomic mass is 16.5. The van der Waals surface area contributed by atoms with Gasteiger partial charge in [-0.2, -0.15) is 4.98 Å². The van der Waals surface area contributed by atoms with E-state index >= 15 is 0 Å². The van der Waals surface area contributed by atoms with Crippen molar-refractivity contribution in [2.24, 2.45) is 0 Å². The average Bonchev–Trinajstić information content (AvgIpc) is 2.54. The van der Waals surface area contributed by atoms with Crippen molar-refractivity contribution < 1.29 is 9.53 Å². The van der Waals surface area contributed by atoms with E-state index in [0.29, 0.717) is 31.3 Å². The molecule has 0 saturated heterocycles. The SMILES string of the molecule is COc1ccnc(NCCC(=O)NCc2ccccc2)n1. The summed E-state index contributed by atoms with van der Waals surface area (Å²) in [5.74, 6) is 0.917. The maximum atomic E-state index is 11.7. The summed E-state index contributed by atoms with van der Waals surface area (Å²) in [4.78, 5) is 19.9. The molecule has 0 unspecified atom stereocenters. The number of hydrogen-bond donors (Lipinski definition) is 2. The molecule has 110 valence electrons. The van der Waals surface area contributed by atoms with Crippen molar-refractivity contribution in [3.05, 3.63) is 48.2 Å². The molecule has 2 aromatic rings. The number of nitrogens with one attached hydrogen (secondary N) is 2. The zero-order chi connectivity index (χ0) is 14.9. The molecule has 0 aliphatic carbocycles. The molecule has 21 heavy (non-hydrogen) atoms. The summed E-state index contributed by atoms with van der Waals surface area (Å²) in [6, 6.07) is 11.5. The summed E-state index contributed by atoms with van der Waals surface area (Å²) in [6.07, 6.45) is 1.96. The third kappa shape index (κ3) is 5.10. The van der Waals surface area contributed by atoms with Crippen LogP contribution >= 0.6 is 0 Å². The zero-order valence-corrected chi connectivity index (χ0v) is 11.9. The molecule has 0 spiro atoms. The molecule has 1 amide bonds. The first-order valence-corrected chi connectivity index (χ1v) is 6.69. The van der Waals surface area contributed by atoms with E-state index in [1.807, 2.05) is 30.3 Å². The van der Waals surface area contributed by atoms with E-state index in [2.05, 4.69) is 20.6 Å². The van der Waals surface area contributed by atoms with Crippen LogP contribution < -0.4 is 15.4 Å². The Kier molecular flexibility index (Phi) is 5.51. The molecule has 1 aromatic carbocycles. The van der Waals surface area contributed by atoms with E-state index in [1.165, 1.54) is 0 Å². The lowest BCUT2D eigenvalue weighted by Gasteiger charge is -2.07. The number of anilines is 1. The first kappa shape index (κ1) is 14.8. The summed E-state index contributed by atoms with van der Waals surface area (Å²) in [5.41, 5.74) is 1.08. The second-order valence-electron chi connectivity index (χ2n) is 4.36. The lowest BCUT2D eigenvalue weighted by Crippen LogP contribution is -2.25. The van der Waals surface area contributed by atoms with Gasteiger partial charge in [0.05, 0.1) is 7.11 Å². The Bertz CT molecular complexity index is 575. The third-order valence-electron chi connectivity index (χ3n) is 2.81. The molecule has 0 aliphatic heterocycles. The number of carbonyl (C=O) groups excluding carboxylic acids is 1. The number of carbonyl (C=O) groups is 1. The lowest BCUT2D eigenvalue weighted by molar-refractivity contribution is -0.121. The minimum absolute atomic E-state index is 0.0192. The minimum atomic E-state index is -0.0192. The third-order valence-corrected chi connectivity index (χ3v) is 2.81. The average molecular weight is 286 g/mol. The van der Waals surface area contributed by atoms with E-state index in [9.17, 15) is 4.79 Å². The van der Waals surface area contributed by atoms with Gasteiger partial charge in [0.25, 0.3) is 0 Å². The van der Waals surface area contributed by atoms with Crippen LogP contribution in [0.4, 0.5) is 5.95 Å². The van der Waals surface area contributed by atoms with Gasteiger partial charge in [-0.3, -0.25) is 4.79 Å². The van der Waals surface area contributed by atoms with E-state index in [-0.39, 0.29) is 5.91 Å². The fourth-order valence-corrected chi connectivity index (χ4v) is 1.71. The fourth-order valence-electron chi connectivity index (χ4n) is 1.71. The smallest absolute Gasteiger partial charge is 0.225 e. The predicted molar refractivity (Wildman–Crippen MR) is 80.0 cm³/mol. The Morgan fingerprint density at radius 3 is 2.81 bits per heavy atom. The van der Waals surface area contributed by atoms with Gasteiger partial charge >= 0.3 is 0 Å². The maximum Gasteiger partial charge on any atom is 0.225 e. The van der Waals surface area contributed by atoms with Crippen molar-refractivity contribution in [3.63, 3.8) is 0 Å². The lowest BCUT2D eigenvalue weighted by atomic mass is 10.2. The molecule has 6 nitrogen and oxygen atoms in total. The quantitative estimate of drug-likeness (QED) is 0.808. The van der Waals surface area contributed by atoms with E-state index in [0.717, 1.165) is 5.56 Å². The minimum Gasteiger partial charge on any atom is -0.481 e. The molecule has 1 aromatic heterocycles. The van der Waals surface area contributed by atoms with Gasteiger partial charge in [-0.05, 0) is 5.56 Å². The first-order valence-electron chi connectivity index (χ1n) is 6.69. The Morgan fingerprint density at radius 1 is 1.24 bits per heavy atom. The van der Waals surface area contributed by atoms with Gasteiger partial charge < -0.3 is 15.4 Å². The van der Waals surface area contributed by atoms with E-state index in [4.69, 9.17) is 4.74 Å². The van der Waals surface area contributed by atoms with Crippen molar-refractivity contribution in [3.8, 4) is 5.88 Å². The monoisotopic (exact) mass is 286 g/mol. The van der Waals surface area contributed by atoms with Crippen LogP contribution in [0.2, 0.25) is 0 Å². The number of ether oxygens (including phenoxy) is 1. The van der Waals surface area contributed by atoms with Crippen LogP contribution in [-0.4, -0.2) is 29.5 Å². The summed E-state index contributed by atoms with van der Waals surface area (Å²) in [6.45, 7) is 1.00. The number of hydrogen-bond acceptors (Lipinski definition) is 5. The van der Waals surface area contributed by atoms with Crippen molar-refractivity contribution in [1.29, 1.82) is 0 Å². The molecule has 0 fully saturated rings. The number of rotatable bonds is 7. The van der Waals surface area contributed by atoms with Crippen LogP contribution in [-0.2, 0) is 11.3 Å². The summed E-state index contributed by atoms with van der Waals surface area (Å²) >= 11 is 0. The molecule has 2 rings (SSSR count). The van der Waals surface area contributed by atoms with Crippen molar-refractivity contribution in [1.82, 2.24) is 15.3 Å². The van der Waals surface area contributed by atoms with Gasteiger partial charge in [-0.25, -0.2) is 4.98 Å². The Balaban J connectivity index is 1.69. The van der Waals surface area contributed by atoms with Gasteiger partial charge in [-0.15, -0.1) is 0 Å². The second kappa shape index (κ2) is 7.84. The van der Waals surface area contributed by atoms with Crippen LogP contribution in [0.5, 0.6) is 5.88 Å². The highest BCUT2D eigenvalue weighted by Gasteiger charge is 2.03. The van der Waals surface area contributed by atoms with Gasteiger partial charge in [0.2, 0.25) is 17.7 Å². The Hall–Kier alpha value is -2.63. The molecule has 0 radical (unpaired) electrons. The van der Waals surface area contributed by atoms with Crippen molar-refractivity contribution >= 4 is 11.9 Å². The number of aromatic nitrogens is 2.